The number of nitrogens with one attached hydrogen (secondary N) is 2. The van der Waals surface area contributed by atoms with Crippen molar-refractivity contribution in [1.29, 1.82) is 0 Å². The summed E-state index contributed by atoms with van der Waals surface area (Å²) in [6.07, 6.45) is 6.94. The van der Waals surface area contributed by atoms with E-state index in [4.69, 9.17) is 4.74 Å². The number of anilines is 1. The highest BCUT2D eigenvalue weighted by molar-refractivity contribution is 14.0. The van der Waals surface area contributed by atoms with E-state index in [0.29, 0.717) is 0 Å². The van der Waals surface area contributed by atoms with Crippen LogP contribution in [0, 0.1) is 0 Å². The number of para-hydroxylation sites is 1. The first-order chi connectivity index (χ1) is 15.8. The fourth-order valence-electron chi connectivity index (χ4n) is 4.58. The molecule has 1 saturated heterocycles. The highest BCUT2D eigenvalue weighted by Crippen LogP contribution is 2.31. The van der Waals surface area contributed by atoms with Crippen LogP contribution in [0.1, 0.15) is 30.0 Å². The summed E-state index contributed by atoms with van der Waals surface area (Å²) < 4.78 is 5.67. The second kappa shape index (κ2) is 12.8. The highest BCUT2D eigenvalue weighted by Gasteiger charge is 2.26. The van der Waals surface area contributed by atoms with Gasteiger partial charge in [-0.15, -0.1) is 24.0 Å². The highest BCUT2D eigenvalue weighted by atomic mass is 127. The van der Waals surface area contributed by atoms with Crippen molar-refractivity contribution in [2.45, 2.75) is 25.4 Å². The number of benzene rings is 2. The molecule has 33 heavy (non-hydrogen) atoms. The summed E-state index contributed by atoms with van der Waals surface area (Å²) in [4.78, 5) is 9.37. The second-order valence-corrected chi connectivity index (χ2v) is 8.35. The Labute approximate surface area is 215 Å². The van der Waals surface area contributed by atoms with Crippen LogP contribution in [0.2, 0.25) is 0 Å². The third-order valence-corrected chi connectivity index (χ3v) is 6.32. The number of guanidine groups is 1. The van der Waals surface area contributed by atoms with Crippen LogP contribution in [0.4, 0.5) is 5.69 Å². The first-order valence-corrected chi connectivity index (χ1v) is 11.6. The molecular formula is C26H36IN5O. The first kappa shape index (κ1) is 25.4. The van der Waals surface area contributed by atoms with Gasteiger partial charge < -0.3 is 20.3 Å². The number of hydrogen-bond donors (Lipinski definition) is 2. The zero-order chi connectivity index (χ0) is 22.2. The maximum absolute atomic E-state index is 5.67. The molecule has 2 aliphatic heterocycles. The van der Waals surface area contributed by atoms with Crippen molar-refractivity contribution in [3.8, 4) is 5.75 Å². The molecule has 4 rings (SSSR count). The number of hydrogen-bond acceptors (Lipinski definition) is 4. The van der Waals surface area contributed by atoms with Gasteiger partial charge >= 0.3 is 0 Å². The van der Waals surface area contributed by atoms with Gasteiger partial charge in [-0.2, -0.15) is 0 Å². The largest absolute Gasteiger partial charge is 0.496 e. The van der Waals surface area contributed by atoms with Crippen LogP contribution in [0.25, 0.3) is 0 Å². The molecule has 2 aromatic rings. The Morgan fingerprint density at radius 3 is 2.52 bits per heavy atom. The molecule has 0 bridgehead atoms. The maximum atomic E-state index is 5.67. The van der Waals surface area contributed by atoms with E-state index in [1.54, 1.807) is 7.11 Å². The fourth-order valence-corrected chi connectivity index (χ4v) is 4.58. The molecule has 2 heterocycles. The molecular weight excluding hydrogens is 525 g/mol. The number of aliphatic imine (C=N–C) groups is 1. The molecule has 6 nitrogen and oxygen atoms in total. The third-order valence-electron chi connectivity index (χ3n) is 6.32. The van der Waals surface area contributed by atoms with E-state index in [0.717, 1.165) is 51.0 Å². The van der Waals surface area contributed by atoms with Gasteiger partial charge in [-0.25, -0.2) is 0 Å². The molecule has 0 aliphatic carbocycles. The van der Waals surface area contributed by atoms with Crippen molar-refractivity contribution >= 4 is 35.6 Å². The topological polar surface area (TPSA) is 52.1 Å². The predicted molar refractivity (Wildman–Crippen MR) is 148 cm³/mol. The average Bonchev–Trinajstić information content (AvgIpc) is 3.56. The van der Waals surface area contributed by atoms with E-state index in [1.165, 1.54) is 29.7 Å². The van der Waals surface area contributed by atoms with Gasteiger partial charge in [0.2, 0.25) is 0 Å². The molecule has 0 radical (unpaired) electrons. The molecule has 0 spiro atoms. The number of nitrogens with zero attached hydrogens (tertiary/aromatic N) is 3. The molecule has 0 saturated carbocycles. The van der Waals surface area contributed by atoms with E-state index in [9.17, 15) is 0 Å². The van der Waals surface area contributed by atoms with Crippen LogP contribution < -0.4 is 20.3 Å². The lowest BCUT2D eigenvalue weighted by Gasteiger charge is -2.30. The normalized spacial score (nSPS) is 17.0. The number of rotatable bonds is 8. The summed E-state index contributed by atoms with van der Waals surface area (Å²) in [5.74, 6) is 1.76. The quantitative estimate of drug-likeness (QED) is 0.219. The predicted octanol–water partition coefficient (Wildman–Crippen LogP) is 4.19. The van der Waals surface area contributed by atoms with Gasteiger partial charge in [-0.3, -0.25) is 9.89 Å². The molecule has 178 valence electrons. The zero-order valence-electron chi connectivity index (χ0n) is 19.7. The molecule has 2 aliphatic rings. The van der Waals surface area contributed by atoms with E-state index in [-0.39, 0.29) is 30.0 Å². The van der Waals surface area contributed by atoms with Crippen molar-refractivity contribution in [2.75, 3.05) is 51.8 Å². The molecule has 1 atom stereocenters. The minimum Gasteiger partial charge on any atom is -0.496 e. The van der Waals surface area contributed by atoms with Gasteiger partial charge in [0, 0.05) is 44.5 Å². The van der Waals surface area contributed by atoms with Crippen molar-refractivity contribution < 1.29 is 4.74 Å². The Morgan fingerprint density at radius 2 is 1.79 bits per heavy atom. The van der Waals surface area contributed by atoms with Gasteiger partial charge in [0.05, 0.1) is 13.2 Å². The van der Waals surface area contributed by atoms with Crippen LogP contribution in [0.5, 0.6) is 5.75 Å². The summed E-state index contributed by atoms with van der Waals surface area (Å²) in [5, 5.41) is 7.04. The van der Waals surface area contributed by atoms with Gasteiger partial charge in [0.1, 0.15) is 5.75 Å². The van der Waals surface area contributed by atoms with Gasteiger partial charge in [-0.1, -0.05) is 42.5 Å². The SMILES string of the molecule is CN=C(NCc1cccc(N2CC=CC2)c1)NCC(c1ccccc1OC)N1CCCC1.I. The molecule has 0 amide bonds. The standard InChI is InChI=1S/C26H35N5O.HI/c1-27-26(28-19-21-10-9-11-22(18-21)30-14-5-6-15-30)29-20-24(31-16-7-8-17-31)23-12-3-4-13-25(23)32-2;/h3-6,9-13,18,24H,7-8,14-17,19-20H2,1-2H3,(H2,27,28,29);1H. The number of ether oxygens (including phenoxy) is 1. The van der Waals surface area contributed by atoms with Gasteiger partial charge in [0.25, 0.3) is 0 Å². The van der Waals surface area contributed by atoms with Crippen molar-refractivity contribution in [2.24, 2.45) is 4.99 Å². The minimum atomic E-state index is 0. The maximum Gasteiger partial charge on any atom is 0.191 e. The molecule has 1 fully saturated rings. The van der Waals surface area contributed by atoms with Crippen molar-refractivity contribution in [3.63, 3.8) is 0 Å². The third kappa shape index (κ3) is 6.63. The Hall–Kier alpha value is -2.26. The van der Waals surface area contributed by atoms with Crippen LogP contribution in [0.15, 0.2) is 65.7 Å². The molecule has 7 heteroatoms. The van der Waals surface area contributed by atoms with E-state index >= 15 is 0 Å². The number of halogens is 1. The lowest BCUT2D eigenvalue weighted by atomic mass is 10.0. The van der Waals surface area contributed by atoms with Crippen molar-refractivity contribution in [3.05, 3.63) is 71.8 Å². The summed E-state index contributed by atoms with van der Waals surface area (Å²) in [5.41, 5.74) is 3.74. The van der Waals surface area contributed by atoms with Crippen LogP contribution >= 0.6 is 24.0 Å². The first-order valence-electron chi connectivity index (χ1n) is 11.6. The Kier molecular flexibility index (Phi) is 9.87. The minimum absolute atomic E-state index is 0. The lowest BCUT2D eigenvalue weighted by Crippen LogP contribution is -2.42. The van der Waals surface area contributed by atoms with Gasteiger partial charge in [-0.05, 0) is 49.7 Å². The van der Waals surface area contributed by atoms with E-state index in [1.807, 2.05) is 19.2 Å². The van der Waals surface area contributed by atoms with Crippen molar-refractivity contribution in [1.82, 2.24) is 15.5 Å². The molecule has 1 unspecified atom stereocenters. The monoisotopic (exact) mass is 561 g/mol. The zero-order valence-corrected chi connectivity index (χ0v) is 22.0. The van der Waals surface area contributed by atoms with Crippen LogP contribution in [-0.2, 0) is 6.54 Å². The summed E-state index contributed by atoms with van der Waals surface area (Å²) >= 11 is 0. The molecule has 2 N–H and O–H groups in total. The lowest BCUT2D eigenvalue weighted by molar-refractivity contribution is 0.239. The van der Waals surface area contributed by atoms with Gasteiger partial charge in [0.15, 0.2) is 5.96 Å². The smallest absolute Gasteiger partial charge is 0.191 e. The van der Waals surface area contributed by atoms with E-state index < -0.39 is 0 Å². The summed E-state index contributed by atoms with van der Waals surface area (Å²) in [6, 6.07) is 17.3. The summed E-state index contributed by atoms with van der Waals surface area (Å²) in [7, 11) is 3.58. The summed E-state index contributed by atoms with van der Waals surface area (Å²) in [6.45, 7) is 5.72. The molecule has 0 aromatic heterocycles. The number of likely N-dealkylation sites (tertiary alicyclic amines) is 1. The Morgan fingerprint density at radius 1 is 1.03 bits per heavy atom. The number of methoxy groups -OCH3 is 1. The molecule has 2 aromatic carbocycles. The second-order valence-electron chi connectivity index (χ2n) is 8.35. The fraction of sp³-hybridized carbons (Fsp3) is 0.423. The Balaban J connectivity index is 0.00000306. The van der Waals surface area contributed by atoms with Crippen LogP contribution in [0.3, 0.4) is 0 Å². The van der Waals surface area contributed by atoms with Crippen LogP contribution in [-0.4, -0.2) is 57.7 Å². The van der Waals surface area contributed by atoms with E-state index in [2.05, 4.69) is 74.0 Å². The average molecular weight is 562 g/mol. The Bertz CT molecular complexity index is 934.